The Hall–Kier alpha value is -1.11. The Labute approximate surface area is 85.1 Å². The normalized spacial score (nSPS) is 15.5. The molecule has 0 unspecified atom stereocenters. The van der Waals surface area contributed by atoms with Gasteiger partial charge in [-0.25, -0.2) is 0 Å². The van der Waals surface area contributed by atoms with E-state index in [9.17, 15) is 4.79 Å². The minimum absolute atomic E-state index is 0.390. The summed E-state index contributed by atoms with van der Waals surface area (Å²) >= 11 is 0. The number of carbonyl (C=O) groups excluding carboxylic acids is 1. The van der Waals surface area contributed by atoms with Crippen molar-refractivity contribution in [2.45, 2.75) is 32.6 Å². The first-order valence-corrected chi connectivity index (χ1v) is 5.40. The number of Topliss-reactive ketones (excluding diaryl/α,β-unsaturated/α-hetero) is 1. The summed E-state index contributed by atoms with van der Waals surface area (Å²) in [6, 6.07) is 8.41. The van der Waals surface area contributed by atoms with Gasteiger partial charge in [0, 0.05) is 12.3 Å². The van der Waals surface area contributed by atoms with Crippen molar-refractivity contribution in [3.63, 3.8) is 0 Å². The number of ketones is 1. The standard InChI is InChI=1S/C13H16O/c1-2-10-3-5-11(6-4-10)9-13(14)12-7-8-12/h3-6,12H,2,7-9H2,1H3. The second-order valence-electron chi connectivity index (χ2n) is 4.09. The number of hydrogen-bond donors (Lipinski definition) is 0. The quantitative estimate of drug-likeness (QED) is 0.710. The van der Waals surface area contributed by atoms with Crippen LogP contribution in [0.5, 0.6) is 0 Å². The van der Waals surface area contributed by atoms with Crippen LogP contribution in [0.15, 0.2) is 24.3 Å². The molecule has 1 aromatic carbocycles. The molecule has 0 atom stereocenters. The predicted molar refractivity (Wildman–Crippen MR) is 57.3 cm³/mol. The van der Waals surface area contributed by atoms with E-state index in [0.717, 1.165) is 19.3 Å². The van der Waals surface area contributed by atoms with Crippen LogP contribution in [0.2, 0.25) is 0 Å². The van der Waals surface area contributed by atoms with Crippen LogP contribution in [0.4, 0.5) is 0 Å². The molecular formula is C13H16O. The van der Waals surface area contributed by atoms with Gasteiger partial charge in [-0.05, 0) is 30.4 Å². The molecule has 2 rings (SSSR count). The highest BCUT2D eigenvalue weighted by molar-refractivity contribution is 5.85. The van der Waals surface area contributed by atoms with E-state index in [2.05, 4.69) is 31.2 Å². The van der Waals surface area contributed by atoms with Crippen LogP contribution >= 0.6 is 0 Å². The van der Waals surface area contributed by atoms with Crippen LogP contribution < -0.4 is 0 Å². The van der Waals surface area contributed by atoms with Crippen molar-refractivity contribution in [3.8, 4) is 0 Å². The summed E-state index contributed by atoms with van der Waals surface area (Å²) in [5, 5.41) is 0. The maximum absolute atomic E-state index is 11.5. The lowest BCUT2D eigenvalue weighted by atomic mass is 10.0. The second-order valence-corrected chi connectivity index (χ2v) is 4.09. The van der Waals surface area contributed by atoms with Crippen LogP contribution in [0.1, 0.15) is 30.9 Å². The van der Waals surface area contributed by atoms with Crippen molar-refractivity contribution in [1.82, 2.24) is 0 Å². The molecule has 0 aliphatic heterocycles. The van der Waals surface area contributed by atoms with E-state index in [4.69, 9.17) is 0 Å². The molecule has 1 aliphatic rings. The van der Waals surface area contributed by atoms with Crippen molar-refractivity contribution < 1.29 is 4.79 Å². The fourth-order valence-electron chi connectivity index (χ4n) is 1.64. The highest BCUT2D eigenvalue weighted by Gasteiger charge is 2.28. The minimum Gasteiger partial charge on any atom is -0.299 e. The molecule has 1 fully saturated rings. The van der Waals surface area contributed by atoms with Crippen LogP contribution in [0, 0.1) is 5.92 Å². The monoisotopic (exact) mass is 188 g/mol. The third-order valence-electron chi connectivity index (χ3n) is 2.84. The number of aryl methyl sites for hydroxylation is 1. The van der Waals surface area contributed by atoms with Gasteiger partial charge in [0.1, 0.15) is 5.78 Å². The zero-order valence-corrected chi connectivity index (χ0v) is 8.62. The zero-order chi connectivity index (χ0) is 9.97. The van der Waals surface area contributed by atoms with E-state index in [1.165, 1.54) is 11.1 Å². The van der Waals surface area contributed by atoms with Gasteiger partial charge in [-0.2, -0.15) is 0 Å². The molecule has 0 aromatic heterocycles. The molecule has 14 heavy (non-hydrogen) atoms. The molecule has 1 saturated carbocycles. The fourth-order valence-corrected chi connectivity index (χ4v) is 1.64. The first-order chi connectivity index (χ1) is 6.79. The molecule has 0 N–H and O–H groups in total. The Morgan fingerprint density at radius 3 is 2.29 bits per heavy atom. The minimum atomic E-state index is 0.390. The SMILES string of the molecule is CCc1ccc(CC(=O)C2CC2)cc1. The Morgan fingerprint density at radius 1 is 1.21 bits per heavy atom. The second kappa shape index (κ2) is 3.95. The summed E-state index contributed by atoms with van der Waals surface area (Å²) in [7, 11) is 0. The summed E-state index contributed by atoms with van der Waals surface area (Å²) in [6.45, 7) is 2.14. The van der Waals surface area contributed by atoms with E-state index in [0.29, 0.717) is 18.1 Å². The van der Waals surface area contributed by atoms with Gasteiger partial charge in [-0.15, -0.1) is 0 Å². The third kappa shape index (κ3) is 2.22. The summed E-state index contributed by atoms with van der Waals surface area (Å²) in [5.41, 5.74) is 2.51. The Kier molecular flexibility index (Phi) is 2.67. The van der Waals surface area contributed by atoms with E-state index in [1.807, 2.05) is 0 Å². The first kappa shape index (κ1) is 9.45. The van der Waals surface area contributed by atoms with Crippen LogP contribution in [0.25, 0.3) is 0 Å². The van der Waals surface area contributed by atoms with Crippen LogP contribution in [-0.2, 0) is 17.6 Å². The van der Waals surface area contributed by atoms with Gasteiger partial charge in [-0.3, -0.25) is 4.79 Å². The van der Waals surface area contributed by atoms with Crippen molar-refractivity contribution >= 4 is 5.78 Å². The van der Waals surface area contributed by atoms with Gasteiger partial charge in [0.25, 0.3) is 0 Å². The largest absolute Gasteiger partial charge is 0.299 e. The van der Waals surface area contributed by atoms with E-state index < -0.39 is 0 Å². The molecule has 0 spiro atoms. The summed E-state index contributed by atoms with van der Waals surface area (Å²) in [6.07, 6.45) is 3.93. The molecule has 1 aromatic rings. The molecule has 0 saturated heterocycles. The third-order valence-corrected chi connectivity index (χ3v) is 2.84. The van der Waals surface area contributed by atoms with Gasteiger partial charge in [-0.1, -0.05) is 31.2 Å². The van der Waals surface area contributed by atoms with Gasteiger partial charge in [0.2, 0.25) is 0 Å². The summed E-state index contributed by atoms with van der Waals surface area (Å²) < 4.78 is 0. The molecule has 74 valence electrons. The summed E-state index contributed by atoms with van der Waals surface area (Å²) in [4.78, 5) is 11.5. The lowest BCUT2D eigenvalue weighted by Crippen LogP contribution is -2.04. The Balaban J connectivity index is 1.98. The first-order valence-electron chi connectivity index (χ1n) is 5.40. The molecule has 0 heterocycles. The predicted octanol–water partition coefficient (Wildman–Crippen LogP) is 2.77. The fraction of sp³-hybridized carbons (Fsp3) is 0.462. The van der Waals surface area contributed by atoms with Gasteiger partial charge in [0.05, 0.1) is 0 Å². The number of carbonyl (C=O) groups is 1. The van der Waals surface area contributed by atoms with E-state index in [-0.39, 0.29) is 0 Å². The lowest BCUT2D eigenvalue weighted by Gasteiger charge is -2.01. The van der Waals surface area contributed by atoms with Crippen molar-refractivity contribution in [1.29, 1.82) is 0 Å². The van der Waals surface area contributed by atoms with Crippen molar-refractivity contribution in [3.05, 3.63) is 35.4 Å². The number of benzene rings is 1. The Morgan fingerprint density at radius 2 is 1.79 bits per heavy atom. The van der Waals surface area contributed by atoms with Crippen molar-refractivity contribution in [2.75, 3.05) is 0 Å². The average molecular weight is 188 g/mol. The van der Waals surface area contributed by atoms with Crippen LogP contribution in [0.3, 0.4) is 0 Å². The topological polar surface area (TPSA) is 17.1 Å². The number of rotatable bonds is 4. The molecule has 0 bridgehead atoms. The molecule has 1 heteroatoms. The lowest BCUT2D eigenvalue weighted by molar-refractivity contribution is -0.119. The van der Waals surface area contributed by atoms with Gasteiger partial charge >= 0.3 is 0 Å². The Bertz CT molecular complexity index is 320. The zero-order valence-electron chi connectivity index (χ0n) is 8.62. The maximum Gasteiger partial charge on any atom is 0.140 e. The molecular weight excluding hydrogens is 172 g/mol. The molecule has 1 aliphatic carbocycles. The van der Waals surface area contributed by atoms with Gasteiger partial charge < -0.3 is 0 Å². The average Bonchev–Trinajstić information content (AvgIpc) is 3.02. The highest BCUT2D eigenvalue weighted by atomic mass is 16.1. The maximum atomic E-state index is 11.5. The van der Waals surface area contributed by atoms with E-state index >= 15 is 0 Å². The van der Waals surface area contributed by atoms with Crippen LogP contribution in [-0.4, -0.2) is 5.78 Å². The molecule has 0 radical (unpaired) electrons. The summed E-state index contributed by atoms with van der Waals surface area (Å²) in [5.74, 6) is 0.815. The smallest absolute Gasteiger partial charge is 0.140 e. The molecule has 1 nitrogen and oxygen atoms in total. The number of hydrogen-bond acceptors (Lipinski definition) is 1. The van der Waals surface area contributed by atoms with Gasteiger partial charge in [0.15, 0.2) is 0 Å². The highest BCUT2D eigenvalue weighted by Crippen LogP contribution is 2.30. The molecule has 0 amide bonds. The van der Waals surface area contributed by atoms with Crippen molar-refractivity contribution in [2.24, 2.45) is 5.92 Å². The van der Waals surface area contributed by atoms with E-state index in [1.54, 1.807) is 0 Å².